The van der Waals surface area contributed by atoms with Crippen LogP contribution < -0.4 is 0 Å². The summed E-state index contributed by atoms with van der Waals surface area (Å²) < 4.78 is 26.7. The number of rotatable bonds is 6. The molecule has 31 heavy (non-hydrogen) atoms. The second-order valence-electron chi connectivity index (χ2n) is 7.63. The summed E-state index contributed by atoms with van der Waals surface area (Å²) in [6.07, 6.45) is -19.4. The van der Waals surface area contributed by atoms with Gasteiger partial charge in [-0.15, -0.1) is 0 Å². The van der Waals surface area contributed by atoms with Crippen LogP contribution in [0.2, 0.25) is 0 Å². The molecule has 0 aromatic carbocycles. The zero-order valence-corrected chi connectivity index (χ0v) is 16.3. The SMILES string of the molecule is OC[C@H]1O[C@@H](O[C@H]2[CH]O[C@H](CO)[C@@H](O)[C@@H]2O[C@@H]2OC[C@@H](O)[C@H](O)[C@H]2O)[C@H](O)[C@@H](O)[C@@H]1O. The summed E-state index contributed by atoms with van der Waals surface area (Å²) in [4.78, 5) is 0. The van der Waals surface area contributed by atoms with Crippen LogP contribution >= 0.6 is 0 Å². The molecule has 3 rings (SSSR count). The zero-order chi connectivity index (χ0) is 22.9. The summed E-state index contributed by atoms with van der Waals surface area (Å²) >= 11 is 0. The summed E-state index contributed by atoms with van der Waals surface area (Å²) in [7, 11) is 0. The van der Waals surface area contributed by atoms with E-state index in [0.717, 1.165) is 6.61 Å². The normalized spacial score (nSPS) is 51.6. The maximum absolute atomic E-state index is 10.5. The first-order valence-electron chi connectivity index (χ1n) is 9.74. The maximum Gasteiger partial charge on any atom is 0.187 e. The van der Waals surface area contributed by atoms with Crippen LogP contribution in [0.15, 0.2) is 0 Å². The Bertz CT molecular complexity index is 565. The van der Waals surface area contributed by atoms with Crippen LogP contribution in [-0.4, -0.2) is 146 Å². The highest BCUT2D eigenvalue weighted by Gasteiger charge is 2.50. The van der Waals surface area contributed by atoms with E-state index >= 15 is 0 Å². The fourth-order valence-electron chi connectivity index (χ4n) is 3.55. The number of hydrogen-bond donors (Lipinski definition) is 9. The second kappa shape index (κ2) is 10.6. The highest BCUT2D eigenvalue weighted by molar-refractivity contribution is 4.97. The molecule has 14 nitrogen and oxygen atoms in total. The lowest BCUT2D eigenvalue weighted by molar-refractivity contribution is -0.347. The highest BCUT2D eigenvalue weighted by Crippen LogP contribution is 2.31. The van der Waals surface area contributed by atoms with E-state index in [1.54, 1.807) is 0 Å². The van der Waals surface area contributed by atoms with Crippen molar-refractivity contribution in [2.24, 2.45) is 0 Å². The molecule has 3 aliphatic heterocycles. The lowest BCUT2D eigenvalue weighted by Crippen LogP contribution is -2.63. The molecule has 3 aliphatic rings. The first-order valence-corrected chi connectivity index (χ1v) is 9.74. The Hall–Kier alpha value is -0.560. The van der Waals surface area contributed by atoms with Crippen LogP contribution in [0.4, 0.5) is 0 Å². The molecule has 0 spiro atoms. The van der Waals surface area contributed by atoms with Crippen molar-refractivity contribution in [2.75, 3.05) is 19.8 Å². The van der Waals surface area contributed by atoms with Crippen LogP contribution in [0.1, 0.15) is 0 Å². The van der Waals surface area contributed by atoms with Gasteiger partial charge < -0.3 is 69.6 Å². The van der Waals surface area contributed by atoms with Gasteiger partial charge in [0.05, 0.1) is 19.8 Å². The van der Waals surface area contributed by atoms with Gasteiger partial charge in [-0.1, -0.05) is 0 Å². The largest absolute Gasteiger partial charge is 0.394 e. The standard InChI is InChI=1S/C17H29O14/c18-1-6-11(23)15(31-16-13(25)9(21)5(20)3-28-16)8(4-27-6)30-17-14(26)12(24)10(22)7(2-19)29-17/h4-26H,1-3H2/t5-,6-,7-,8+,9+,10-,11-,12+,13-,14-,15-,16+,17+/m1/s1. The Morgan fingerprint density at radius 2 is 1.35 bits per heavy atom. The minimum Gasteiger partial charge on any atom is -0.394 e. The van der Waals surface area contributed by atoms with Gasteiger partial charge in [0.15, 0.2) is 12.6 Å². The predicted molar refractivity (Wildman–Crippen MR) is 93.5 cm³/mol. The Labute approximate surface area is 176 Å². The zero-order valence-electron chi connectivity index (χ0n) is 16.3. The van der Waals surface area contributed by atoms with Gasteiger partial charge in [-0.3, -0.25) is 0 Å². The molecule has 0 aliphatic carbocycles. The van der Waals surface area contributed by atoms with Gasteiger partial charge in [0.2, 0.25) is 0 Å². The average molecular weight is 457 g/mol. The molecule has 0 aromatic heterocycles. The summed E-state index contributed by atoms with van der Waals surface area (Å²) in [6.45, 7) is -0.638. The molecule has 14 heteroatoms. The van der Waals surface area contributed by atoms with Crippen molar-refractivity contribution < 1.29 is 69.6 Å². The van der Waals surface area contributed by atoms with Gasteiger partial charge in [0.25, 0.3) is 0 Å². The van der Waals surface area contributed by atoms with Crippen LogP contribution in [0.25, 0.3) is 0 Å². The van der Waals surface area contributed by atoms with Crippen molar-refractivity contribution in [1.29, 1.82) is 0 Å². The van der Waals surface area contributed by atoms with Crippen molar-refractivity contribution >= 4 is 0 Å². The summed E-state index contributed by atoms with van der Waals surface area (Å²) in [5, 5.41) is 88.7. The van der Waals surface area contributed by atoms with E-state index in [1.807, 2.05) is 0 Å². The third-order valence-electron chi connectivity index (χ3n) is 5.49. The molecule has 181 valence electrons. The topological polar surface area (TPSA) is 228 Å². The van der Waals surface area contributed by atoms with Gasteiger partial charge in [0, 0.05) is 0 Å². The molecule has 0 unspecified atom stereocenters. The van der Waals surface area contributed by atoms with Crippen LogP contribution in [0, 0.1) is 6.61 Å². The molecule has 0 saturated carbocycles. The van der Waals surface area contributed by atoms with Crippen molar-refractivity contribution in [3.8, 4) is 0 Å². The Morgan fingerprint density at radius 1 is 0.710 bits per heavy atom. The first kappa shape index (κ1) is 25.1. The van der Waals surface area contributed by atoms with Crippen molar-refractivity contribution in [2.45, 2.75) is 79.7 Å². The molecular formula is C17H29O14. The van der Waals surface area contributed by atoms with E-state index in [4.69, 9.17) is 23.7 Å². The Morgan fingerprint density at radius 3 is 2.00 bits per heavy atom. The fraction of sp³-hybridized carbons (Fsp3) is 0.941. The quantitative estimate of drug-likeness (QED) is 0.181. The van der Waals surface area contributed by atoms with E-state index in [0.29, 0.717) is 0 Å². The second-order valence-corrected chi connectivity index (χ2v) is 7.63. The minimum atomic E-state index is -1.74. The Balaban J connectivity index is 1.74. The lowest BCUT2D eigenvalue weighted by atomic mass is 9.97. The molecule has 3 heterocycles. The number of hydrogen-bond acceptors (Lipinski definition) is 14. The molecule has 0 amide bonds. The van der Waals surface area contributed by atoms with E-state index in [2.05, 4.69) is 0 Å². The first-order chi connectivity index (χ1) is 14.7. The highest BCUT2D eigenvalue weighted by atomic mass is 16.7. The van der Waals surface area contributed by atoms with Gasteiger partial charge in [-0.05, 0) is 0 Å². The smallest absolute Gasteiger partial charge is 0.187 e. The predicted octanol–water partition coefficient (Wildman–Crippen LogP) is -6.09. The molecular weight excluding hydrogens is 428 g/mol. The summed E-state index contributed by atoms with van der Waals surface area (Å²) in [6, 6.07) is 0. The van der Waals surface area contributed by atoms with Gasteiger partial charge in [-0.25, -0.2) is 0 Å². The number of ether oxygens (including phenoxy) is 5. The van der Waals surface area contributed by atoms with E-state index in [-0.39, 0.29) is 6.61 Å². The van der Waals surface area contributed by atoms with E-state index < -0.39 is 92.9 Å². The van der Waals surface area contributed by atoms with Crippen LogP contribution in [-0.2, 0) is 23.7 Å². The van der Waals surface area contributed by atoms with Crippen LogP contribution in [0.3, 0.4) is 0 Å². The van der Waals surface area contributed by atoms with Crippen LogP contribution in [0.5, 0.6) is 0 Å². The molecule has 0 aromatic rings. The lowest BCUT2D eigenvalue weighted by Gasteiger charge is -2.45. The molecule has 9 N–H and O–H groups in total. The van der Waals surface area contributed by atoms with E-state index in [9.17, 15) is 46.0 Å². The molecule has 3 saturated heterocycles. The molecule has 13 atom stereocenters. The third kappa shape index (κ3) is 5.18. The Kier molecular flexibility index (Phi) is 8.56. The van der Waals surface area contributed by atoms with Crippen molar-refractivity contribution in [3.63, 3.8) is 0 Å². The summed E-state index contributed by atoms with van der Waals surface area (Å²) in [5.74, 6) is 0. The monoisotopic (exact) mass is 457 g/mol. The van der Waals surface area contributed by atoms with E-state index in [1.165, 1.54) is 0 Å². The third-order valence-corrected chi connectivity index (χ3v) is 5.49. The van der Waals surface area contributed by atoms with Crippen molar-refractivity contribution in [3.05, 3.63) is 6.61 Å². The average Bonchev–Trinajstić information content (AvgIpc) is 2.76. The van der Waals surface area contributed by atoms with Gasteiger partial charge in [-0.2, -0.15) is 0 Å². The molecule has 0 bridgehead atoms. The fourth-order valence-corrected chi connectivity index (χ4v) is 3.55. The van der Waals surface area contributed by atoms with Gasteiger partial charge >= 0.3 is 0 Å². The van der Waals surface area contributed by atoms with Crippen molar-refractivity contribution in [1.82, 2.24) is 0 Å². The molecule has 1 radical (unpaired) electrons. The number of aliphatic hydroxyl groups excluding tert-OH is 9. The number of aliphatic hydroxyl groups is 9. The summed E-state index contributed by atoms with van der Waals surface area (Å²) in [5.41, 5.74) is 0. The minimum absolute atomic E-state index is 0.367. The molecule has 3 fully saturated rings. The van der Waals surface area contributed by atoms with Gasteiger partial charge in [0.1, 0.15) is 73.8 Å². The maximum atomic E-state index is 10.5.